The maximum absolute atomic E-state index is 12.2. The number of aromatic amines is 1. The summed E-state index contributed by atoms with van der Waals surface area (Å²) in [5.41, 5.74) is 12.3. The molecule has 0 unspecified atom stereocenters. The number of H-pyrrole nitrogens is 1. The van der Waals surface area contributed by atoms with E-state index in [1.165, 1.54) is 24.9 Å². The zero-order chi connectivity index (χ0) is 20.8. The minimum atomic E-state index is -0.472. The zero-order valence-corrected chi connectivity index (χ0v) is 17.3. The number of anilines is 1. The van der Waals surface area contributed by atoms with Crippen LogP contribution in [0.1, 0.15) is 42.2 Å². The van der Waals surface area contributed by atoms with Gasteiger partial charge in [0, 0.05) is 41.1 Å². The van der Waals surface area contributed by atoms with Crippen molar-refractivity contribution in [2.45, 2.75) is 39.2 Å². The molecule has 5 rings (SSSR count). The van der Waals surface area contributed by atoms with Gasteiger partial charge in [-0.3, -0.25) is 9.78 Å². The van der Waals surface area contributed by atoms with Gasteiger partial charge < -0.3 is 15.6 Å². The molecule has 6 heteroatoms. The summed E-state index contributed by atoms with van der Waals surface area (Å²) in [6.07, 6.45) is 5.50. The van der Waals surface area contributed by atoms with Gasteiger partial charge in [0.2, 0.25) is 0 Å². The summed E-state index contributed by atoms with van der Waals surface area (Å²) in [6.45, 7) is 5.29. The van der Waals surface area contributed by atoms with E-state index >= 15 is 0 Å². The van der Waals surface area contributed by atoms with Crippen LogP contribution in [0.3, 0.4) is 0 Å². The van der Waals surface area contributed by atoms with Gasteiger partial charge in [0.25, 0.3) is 5.91 Å². The molecule has 1 atom stereocenters. The highest BCUT2D eigenvalue weighted by Gasteiger charge is 2.21. The number of nitrogens with one attached hydrogen (secondary N) is 1. The lowest BCUT2D eigenvalue weighted by Gasteiger charge is -2.35. The Bertz CT molecular complexity index is 1260. The van der Waals surface area contributed by atoms with Gasteiger partial charge in [0.15, 0.2) is 0 Å². The van der Waals surface area contributed by atoms with Gasteiger partial charge in [0.05, 0.1) is 27.8 Å². The van der Waals surface area contributed by atoms with Gasteiger partial charge >= 0.3 is 0 Å². The zero-order valence-electron chi connectivity index (χ0n) is 17.3. The van der Waals surface area contributed by atoms with E-state index in [1.807, 2.05) is 19.1 Å². The molecule has 152 valence electrons. The van der Waals surface area contributed by atoms with E-state index in [0.29, 0.717) is 22.8 Å². The highest BCUT2D eigenvalue weighted by molar-refractivity contribution is 6.14. The molecule has 1 amide bonds. The first kappa shape index (κ1) is 18.6. The Morgan fingerprint density at radius 2 is 2.07 bits per heavy atom. The Hall–Kier alpha value is -3.41. The van der Waals surface area contributed by atoms with Gasteiger partial charge in [0.1, 0.15) is 0 Å². The standard InChI is InChI=1S/C24H25N5O/c1-14-6-7-16(13-26-14)20-12-19(24(25)30)23-22(27-20)18-9-8-17(11-21(18)28-23)29-10-4-3-5-15(29)2/h6-9,11-13,15,28H,3-5,10H2,1-2H3,(H2,25,30)/t15-/m1/s1. The molecule has 6 nitrogen and oxygen atoms in total. The Balaban J connectivity index is 1.69. The third-order valence-electron chi connectivity index (χ3n) is 6.14. The number of nitrogens with two attached hydrogens (primary N) is 1. The molecule has 3 N–H and O–H groups in total. The molecule has 1 saturated heterocycles. The van der Waals surface area contributed by atoms with Gasteiger partial charge in [-0.1, -0.05) is 0 Å². The predicted octanol–water partition coefficient (Wildman–Crippen LogP) is 4.56. The first-order chi connectivity index (χ1) is 14.5. The van der Waals surface area contributed by atoms with E-state index in [1.54, 1.807) is 12.3 Å². The number of hydrogen-bond donors (Lipinski definition) is 2. The topological polar surface area (TPSA) is 87.9 Å². The number of benzene rings is 1. The lowest BCUT2D eigenvalue weighted by molar-refractivity contribution is 0.100. The van der Waals surface area contributed by atoms with Crippen LogP contribution in [0.2, 0.25) is 0 Å². The molecule has 0 radical (unpaired) electrons. The Labute approximate surface area is 175 Å². The summed E-state index contributed by atoms with van der Waals surface area (Å²) in [5, 5.41) is 0.989. The van der Waals surface area contributed by atoms with Crippen LogP contribution in [0, 0.1) is 6.92 Å². The first-order valence-electron chi connectivity index (χ1n) is 10.5. The summed E-state index contributed by atoms with van der Waals surface area (Å²) in [7, 11) is 0. The number of nitrogens with zero attached hydrogens (tertiary/aromatic N) is 3. The number of rotatable bonds is 3. The lowest BCUT2D eigenvalue weighted by atomic mass is 10.0. The maximum atomic E-state index is 12.2. The van der Waals surface area contributed by atoms with E-state index in [4.69, 9.17) is 10.7 Å². The van der Waals surface area contributed by atoms with Gasteiger partial charge in [-0.05, 0) is 69.5 Å². The number of fused-ring (bicyclic) bond motifs is 3. The highest BCUT2D eigenvalue weighted by atomic mass is 16.1. The number of carbonyl (C=O) groups excluding carboxylic acids is 1. The Morgan fingerprint density at radius 1 is 1.20 bits per heavy atom. The van der Waals surface area contributed by atoms with Crippen molar-refractivity contribution in [3.63, 3.8) is 0 Å². The van der Waals surface area contributed by atoms with E-state index in [0.717, 1.165) is 34.2 Å². The molecule has 0 saturated carbocycles. The van der Waals surface area contributed by atoms with Crippen LogP contribution in [-0.4, -0.2) is 33.4 Å². The van der Waals surface area contributed by atoms with Crippen molar-refractivity contribution in [1.29, 1.82) is 0 Å². The molecule has 0 spiro atoms. The number of amides is 1. The van der Waals surface area contributed by atoms with Crippen molar-refractivity contribution >= 4 is 33.5 Å². The number of aryl methyl sites for hydroxylation is 1. The van der Waals surface area contributed by atoms with E-state index in [2.05, 4.69) is 40.0 Å². The van der Waals surface area contributed by atoms with Gasteiger partial charge in [-0.15, -0.1) is 0 Å². The first-order valence-corrected chi connectivity index (χ1v) is 10.5. The highest BCUT2D eigenvalue weighted by Crippen LogP contribution is 2.33. The minimum absolute atomic E-state index is 0.444. The van der Waals surface area contributed by atoms with Crippen LogP contribution in [0.5, 0.6) is 0 Å². The minimum Gasteiger partial charge on any atom is -0.369 e. The van der Waals surface area contributed by atoms with Crippen LogP contribution in [0.25, 0.3) is 33.2 Å². The van der Waals surface area contributed by atoms with Crippen LogP contribution < -0.4 is 10.6 Å². The van der Waals surface area contributed by atoms with Crippen molar-refractivity contribution in [3.8, 4) is 11.3 Å². The summed E-state index contributed by atoms with van der Waals surface area (Å²) < 4.78 is 0. The SMILES string of the molecule is Cc1ccc(-c2cc(C(N)=O)c3[nH]c4cc(N5CCCC[C@H]5C)ccc4c3n2)cn1. The van der Waals surface area contributed by atoms with Crippen LogP contribution in [0.15, 0.2) is 42.6 Å². The average molecular weight is 399 g/mol. The summed E-state index contributed by atoms with van der Waals surface area (Å²) >= 11 is 0. The normalized spacial score (nSPS) is 17.0. The maximum Gasteiger partial charge on any atom is 0.250 e. The van der Waals surface area contributed by atoms with Crippen LogP contribution in [-0.2, 0) is 0 Å². The average Bonchev–Trinajstić information content (AvgIpc) is 3.11. The smallest absolute Gasteiger partial charge is 0.250 e. The number of hydrogen-bond acceptors (Lipinski definition) is 4. The fraction of sp³-hybridized carbons (Fsp3) is 0.292. The van der Waals surface area contributed by atoms with E-state index < -0.39 is 5.91 Å². The molecule has 1 aromatic carbocycles. The van der Waals surface area contributed by atoms with Crippen molar-refractivity contribution in [3.05, 3.63) is 53.9 Å². The third-order valence-corrected chi connectivity index (χ3v) is 6.14. The molecule has 3 aromatic heterocycles. The number of piperidine rings is 1. The second-order valence-electron chi connectivity index (χ2n) is 8.22. The van der Waals surface area contributed by atoms with Crippen molar-refractivity contribution < 1.29 is 4.79 Å². The molecule has 1 fully saturated rings. The largest absolute Gasteiger partial charge is 0.369 e. The Kier molecular flexibility index (Phi) is 4.42. The van der Waals surface area contributed by atoms with Gasteiger partial charge in [-0.2, -0.15) is 0 Å². The third kappa shape index (κ3) is 3.09. The molecule has 0 aliphatic carbocycles. The fourth-order valence-electron chi connectivity index (χ4n) is 4.47. The molecule has 4 heterocycles. The van der Waals surface area contributed by atoms with Crippen LogP contribution >= 0.6 is 0 Å². The number of aromatic nitrogens is 3. The monoisotopic (exact) mass is 399 g/mol. The quantitative estimate of drug-likeness (QED) is 0.528. The summed E-state index contributed by atoms with van der Waals surface area (Å²) in [5.74, 6) is -0.472. The molecule has 30 heavy (non-hydrogen) atoms. The second kappa shape index (κ2) is 7.13. The second-order valence-corrected chi connectivity index (χ2v) is 8.22. The predicted molar refractivity (Wildman–Crippen MR) is 121 cm³/mol. The molecular weight excluding hydrogens is 374 g/mol. The lowest BCUT2D eigenvalue weighted by Crippen LogP contribution is -2.37. The summed E-state index contributed by atoms with van der Waals surface area (Å²) in [4.78, 5) is 27.3. The van der Waals surface area contributed by atoms with Gasteiger partial charge in [-0.25, -0.2) is 4.98 Å². The van der Waals surface area contributed by atoms with E-state index in [9.17, 15) is 4.79 Å². The Morgan fingerprint density at radius 3 is 2.80 bits per heavy atom. The summed E-state index contributed by atoms with van der Waals surface area (Å²) in [6, 6.07) is 12.6. The van der Waals surface area contributed by atoms with Crippen molar-refractivity contribution in [2.75, 3.05) is 11.4 Å². The van der Waals surface area contributed by atoms with Crippen molar-refractivity contribution in [1.82, 2.24) is 15.0 Å². The number of pyridine rings is 2. The van der Waals surface area contributed by atoms with E-state index in [-0.39, 0.29) is 0 Å². The van der Waals surface area contributed by atoms with Crippen molar-refractivity contribution in [2.24, 2.45) is 5.73 Å². The molecule has 1 aliphatic rings. The molecule has 1 aliphatic heterocycles. The number of primary amides is 1. The van der Waals surface area contributed by atoms with Crippen LogP contribution in [0.4, 0.5) is 5.69 Å². The molecular formula is C24H25N5O. The molecule has 4 aromatic rings. The molecule has 0 bridgehead atoms. The fourth-order valence-corrected chi connectivity index (χ4v) is 4.47. The number of carbonyl (C=O) groups is 1.